The lowest BCUT2D eigenvalue weighted by atomic mass is 9.76. The van der Waals surface area contributed by atoms with Crippen molar-refractivity contribution in [1.82, 2.24) is 25.5 Å². The van der Waals surface area contributed by atoms with E-state index >= 15 is 0 Å². The molecule has 0 bridgehead atoms. The molecule has 1 aromatic heterocycles. The van der Waals surface area contributed by atoms with Crippen LogP contribution in [0.15, 0.2) is 30.3 Å². The molecular formula is C17H25N5. The number of rotatable bonds is 4. The standard InChI is InChI=1S/C17H25N5/c1-13(2)18-17(11-9-14(3)10-12-17)16-19-20-21-22(16)15-7-5-4-6-8-15/h4-8,13-14,18H,9-12H2,1-3H3. The van der Waals surface area contributed by atoms with Crippen molar-refractivity contribution in [3.05, 3.63) is 36.2 Å². The lowest BCUT2D eigenvalue weighted by molar-refractivity contribution is 0.170. The first-order valence-corrected chi connectivity index (χ1v) is 8.23. The topological polar surface area (TPSA) is 55.6 Å². The van der Waals surface area contributed by atoms with Gasteiger partial charge in [-0.05, 0) is 68.0 Å². The van der Waals surface area contributed by atoms with Crippen LogP contribution in [0.5, 0.6) is 0 Å². The second kappa shape index (κ2) is 6.16. The Bertz CT molecular complexity index is 597. The van der Waals surface area contributed by atoms with Crippen molar-refractivity contribution in [2.75, 3.05) is 0 Å². The number of hydrogen-bond acceptors (Lipinski definition) is 4. The average molecular weight is 299 g/mol. The van der Waals surface area contributed by atoms with Gasteiger partial charge in [-0.15, -0.1) is 5.10 Å². The van der Waals surface area contributed by atoms with E-state index in [4.69, 9.17) is 0 Å². The minimum absolute atomic E-state index is 0.125. The van der Waals surface area contributed by atoms with E-state index in [0.717, 1.165) is 30.3 Å². The SMILES string of the molecule is CC1CCC(NC(C)C)(c2nnnn2-c2ccccc2)CC1. The van der Waals surface area contributed by atoms with Gasteiger partial charge in [0.05, 0.1) is 11.2 Å². The lowest BCUT2D eigenvalue weighted by Crippen LogP contribution is -2.49. The molecule has 2 aromatic rings. The molecule has 0 atom stereocenters. The van der Waals surface area contributed by atoms with Crippen LogP contribution in [0, 0.1) is 5.92 Å². The molecule has 1 saturated carbocycles. The molecule has 1 fully saturated rings. The maximum Gasteiger partial charge on any atom is 0.176 e. The van der Waals surface area contributed by atoms with E-state index in [1.165, 1.54) is 12.8 Å². The monoisotopic (exact) mass is 299 g/mol. The maximum atomic E-state index is 4.41. The smallest absolute Gasteiger partial charge is 0.176 e. The van der Waals surface area contributed by atoms with Crippen molar-refractivity contribution >= 4 is 0 Å². The van der Waals surface area contributed by atoms with E-state index in [9.17, 15) is 0 Å². The van der Waals surface area contributed by atoms with Crippen LogP contribution in [0.25, 0.3) is 5.69 Å². The summed E-state index contributed by atoms with van der Waals surface area (Å²) in [7, 11) is 0. The number of hydrogen-bond donors (Lipinski definition) is 1. The highest BCUT2D eigenvalue weighted by atomic mass is 15.6. The number of para-hydroxylation sites is 1. The van der Waals surface area contributed by atoms with E-state index in [0.29, 0.717) is 6.04 Å². The molecule has 22 heavy (non-hydrogen) atoms. The molecular weight excluding hydrogens is 274 g/mol. The van der Waals surface area contributed by atoms with Crippen LogP contribution in [-0.2, 0) is 5.54 Å². The third-order valence-electron chi connectivity index (χ3n) is 4.59. The van der Waals surface area contributed by atoms with E-state index in [-0.39, 0.29) is 5.54 Å². The van der Waals surface area contributed by atoms with Crippen LogP contribution in [0.2, 0.25) is 0 Å². The summed E-state index contributed by atoms with van der Waals surface area (Å²) < 4.78 is 1.89. The molecule has 0 amide bonds. The highest BCUT2D eigenvalue weighted by Gasteiger charge is 2.40. The van der Waals surface area contributed by atoms with Gasteiger partial charge in [-0.2, -0.15) is 4.68 Å². The Labute approximate surface area is 132 Å². The lowest BCUT2D eigenvalue weighted by Gasteiger charge is -2.40. The number of nitrogens with one attached hydrogen (secondary N) is 1. The second-order valence-corrected chi connectivity index (χ2v) is 6.81. The van der Waals surface area contributed by atoms with Gasteiger partial charge in [0.25, 0.3) is 0 Å². The van der Waals surface area contributed by atoms with Gasteiger partial charge >= 0.3 is 0 Å². The summed E-state index contributed by atoms with van der Waals surface area (Å²) >= 11 is 0. The number of nitrogens with zero attached hydrogens (tertiary/aromatic N) is 4. The minimum Gasteiger partial charge on any atom is -0.302 e. The zero-order valence-corrected chi connectivity index (χ0v) is 13.7. The molecule has 5 nitrogen and oxygen atoms in total. The summed E-state index contributed by atoms with van der Waals surface area (Å²) in [6, 6.07) is 10.5. The molecule has 118 valence electrons. The summed E-state index contributed by atoms with van der Waals surface area (Å²) in [5.74, 6) is 1.72. The fraction of sp³-hybridized carbons (Fsp3) is 0.588. The number of benzene rings is 1. The van der Waals surface area contributed by atoms with Gasteiger partial charge in [-0.25, -0.2) is 0 Å². The fourth-order valence-electron chi connectivity index (χ4n) is 3.47. The summed E-state index contributed by atoms with van der Waals surface area (Å²) in [5.41, 5.74) is 0.895. The van der Waals surface area contributed by atoms with Gasteiger partial charge in [-0.3, -0.25) is 0 Å². The highest BCUT2D eigenvalue weighted by molar-refractivity contribution is 5.32. The predicted octanol–water partition coefficient (Wildman–Crippen LogP) is 3.07. The summed E-state index contributed by atoms with van der Waals surface area (Å²) in [6.07, 6.45) is 4.59. The molecule has 0 spiro atoms. The molecule has 5 heteroatoms. The Hall–Kier alpha value is -1.75. The molecule has 1 heterocycles. The first-order chi connectivity index (χ1) is 10.6. The molecule has 1 N–H and O–H groups in total. The van der Waals surface area contributed by atoms with Crippen molar-refractivity contribution < 1.29 is 0 Å². The molecule has 0 radical (unpaired) electrons. The van der Waals surface area contributed by atoms with Crippen molar-refractivity contribution in [3.63, 3.8) is 0 Å². The summed E-state index contributed by atoms with van der Waals surface area (Å²) in [4.78, 5) is 0. The quantitative estimate of drug-likeness (QED) is 0.942. The van der Waals surface area contributed by atoms with Gasteiger partial charge in [0.1, 0.15) is 0 Å². The van der Waals surface area contributed by atoms with Gasteiger partial charge in [0, 0.05) is 6.04 Å². The maximum absolute atomic E-state index is 4.41. The highest BCUT2D eigenvalue weighted by Crippen LogP contribution is 2.39. The van der Waals surface area contributed by atoms with Crippen molar-refractivity contribution in [2.24, 2.45) is 5.92 Å². The molecule has 1 aliphatic carbocycles. The average Bonchev–Trinajstić information content (AvgIpc) is 3.00. The van der Waals surface area contributed by atoms with Crippen LogP contribution < -0.4 is 5.32 Å². The summed E-state index contributed by atoms with van der Waals surface area (Å²) in [5, 5.41) is 16.4. The van der Waals surface area contributed by atoms with E-state index in [1.54, 1.807) is 0 Å². The van der Waals surface area contributed by atoms with Gasteiger partial charge < -0.3 is 5.32 Å². The molecule has 3 rings (SSSR count). The summed E-state index contributed by atoms with van der Waals surface area (Å²) in [6.45, 7) is 6.71. The van der Waals surface area contributed by atoms with Crippen LogP contribution >= 0.6 is 0 Å². The minimum atomic E-state index is -0.125. The number of tetrazole rings is 1. The van der Waals surface area contributed by atoms with Crippen molar-refractivity contribution in [1.29, 1.82) is 0 Å². The Kier molecular flexibility index (Phi) is 4.25. The predicted molar refractivity (Wildman–Crippen MR) is 86.7 cm³/mol. The van der Waals surface area contributed by atoms with Crippen LogP contribution in [0.4, 0.5) is 0 Å². The third-order valence-corrected chi connectivity index (χ3v) is 4.59. The first-order valence-electron chi connectivity index (χ1n) is 8.23. The third kappa shape index (κ3) is 2.90. The zero-order chi connectivity index (χ0) is 15.6. The Morgan fingerprint density at radius 1 is 1.18 bits per heavy atom. The molecule has 0 saturated heterocycles. The zero-order valence-electron chi connectivity index (χ0n) is 13.7. The Morgan fingerprint density at radius 2 is 1.86 bits per heavy atom. The van der Waals surface area contributed by atoms with Crippen LogP contribution in [-0.4, -0.2) is 26.2 Å². The van der Waals surface area contributed by atoms with Gasteiger partial charge in [0.15, 0.2) is 5.82 Å². The van der Waals surface area contributed by atoms with E-state index in [2.05, 4.69) is 41.6 Å². The van der Waals surface area contributed by atoms with Gasteiger partial charge in [0.2, 0.25) is 0 Å². The molecule has 1 aliphatic rings. The molecule has 0 aliphatic heterocycles. The van der Waals surface area contributed by atoms with Crippen molar-refractivity contribution in [3.8, 4) is 5.69 Å². The Morgan fingerprint density at radius 3 is 2.50 bits per heavy atom. The first kappa shape index (κ1) is 15.2. The number of aromatic nitrogens is 4. The van der Waals surface area contributed by atoms with E-state index in [1.807, 2.05) is 35.0 Å². The Balaban J connectivity index is 2.01. The molecule has 1 aromatic carbocycles. The molecule has 0 unspecified atom stereocenters. The fourth-order valence-corrected chi connectivity index (χ4v) is 3.47. The van der Waals surface area contributed by atoms with E-state index < -0.39 is 0 Å². The second-order valence-electron chi connectivity index (χ2n) is 6.81. The largest absolute Gasteiger partial charge is 0.302 e. The van der Waals surface area contributed by atoms with Crippen LogP contribution in [0.3, 0.4) is 0 Å². The normalized spacial score (nSPS) is 25.5. The van der Waals surface area contributed by atoms with Gasteiger partial charge in [-0.1, -0.05) is 25.1 Å². The van der Waals surface area contributed by atoms with Crippen molar-refractivity contribution in [2.45, 2.75) is 58.0 Å². The van der Waals surface area contributed by atoms with Crippen LogP contribution in [0.1, 0.15) is 52.3 Å².